The summed E-state index contributed by atoms with van der Waals surface area (Å²) in [6.07, 6.45) is 0. The summed E-state index contributed by atoms with van der Waals surface area (Å²) in [4.78, 5) is 0. The van der Waals surface area contributed by atoms with E-state index < -0.39 is 5.41 Å². The van der Waals surface area contributed by atoms with Crippen molar-refractivity contribution in [2.45, 2.75) is 5.41 Å². The Labute approximate surface area is 338 Å². The molecule has 2 N–H and O–H groups in total. The van der Waals surface area contributed by atoms with Gasteiger partial charge in [-0.15, -0.1) is 22.7 Å². The zero-order valence-corrected chi connectivity index (χ0v) is 32.3. The summed E-state index contributed by atoms with van der Waals surface area (Å²) in [7, 11) is 0. The van der Waals surface area contributed by atoms with Gasteiger partial charge in [0.05, 0.1) is 5.41 Å². The Bertz CT molecular complexity index is 2940. The molecule has 2 aromatic heterocycles. The maximum Gasteiger partial charge on any atom is 0.123 e. The highest BCUT2D eigenvalue weighted by Gasteiger charge is 2.47. The molecule has 0 spiro atoms. The first-order valence-corrected chi connectivity index (χ1v) is 20.8. The fraction of sp³-hybridized carbons (Fsp3) is 0.0189. The standard InChI is InChI=1S/C53H34O2S2/c54-49-25-21-37(29-43(49)33-11-3-1-4-12-33)53(38-22-26-50(55)44(30-38)34-13-5-2-6-14-34)47-27-35(45-31-56-51-17-9-7-15-41(45)51)19-23-39(47)40-24-20-36(28-48(40)53)46-32-57-52-18-10-8-16-42(46)52/h1-32,54-55H. The molecule has 2 nitrogen and oxygen atoms in total. The Morgan fingerprint density at radius 2 is 0.754 bits per heavy atom. The molecule has 0 bridgehead atoms. The molecule has 0 aliphatic heterocycles. The molecule has 57 heavy (non-hydrogen) atoms. The lowest BCUT2D eigenvalue weighted by Crippen LogP contribution is -2.29. The number of phenols is 2. The lowest BCUT2D eigenvalue weighted by Gasteiger charge is -2.35. The minimum atomic E-state index is -0.844. The van der Waals surface area contributed by atoms with Crippen LogP contribution in [0.1, 0.15) is 22.3 Å². The van der Waals surface area contributed by atoms with Crippen LogP contribution in [0.25, 0.3) is 75.8 Å². The summed E-state index contributed by atoms with van der Waals surface area (Å²) < 4.78 is 2.51. The van der Waals surface area contributed by atoms with Gasteiger partial charge in [-0.1, -0.05) is 133 Å². The molecular formula is C53H34O2S2. The fourth-order valence-electron chi connectivity index (χ4n) is 9.09. The molecule has 1 aliphatic carbocycles. The summed E-state index contributed by atoms with van der Waals surface area (Å²) in [6.45, 7) is 0. The predicted molar refractivity (Wildman–Crippen MR) is 240 cm³/mol. The zero-order chi connectivity index (χ0) is 38.1. The number of benzene rings is 8. The SMILES string of the molecule is Oc1ccc(C2(c3ccc(O)c(-c4ccccc4)c3)c3cc(-c4csc5ccccc45)ccc3-c3ccc(-c4csc5ccccc45)cc32)cc1-c1ccccc1. The van der Waals surface area contributed by atoms with E-state index in [1.165, 1.54) is 42.4 Å². The quantitative estimate of drug-likeness (QED) is 0.177. The van der Waals surface area contributed by atoms with Crippen LogP contribution in [0.3, 0.4) is 0 Å². The van der Waals surface area contributed by atoms with Gasteiger partial charge in [0.15, 0.2) is 0 Å². The highest BCUT2D eigenvalue weighted by atomic mass is 32.1. The molecule has 1 aliphatic rings. The van der Waals surface area contributed by atoms with Crippen LogP contribution in [0, 0.1) is 0 Å². The predicted octanol–water partition coefficient (Wildman–Crippen LogP) is 14.6. The van der Waals surface area contributed by atoms with Gasteiger partial charge in [0.2, 0.25) is 0 Å². The van der Waals surface area contributed by atoms with Crippen LogP contribution >= 0.6 is 22.7 Å². The van der Waals surface area contributed by atoms with E-state index in [4.69, 9.17) is 0 Å². The number of thiophene rings is 2. The lowest BCUT2D eigenvalue weighted by molar-refractivity contribution is 0.477. The van der Waals surface area contributed by atoms with Crippen molar-refractivity contribution in [1.29, 1.82) is 0 Å². The van der Waals surface area contributed by atoms with E-state index in [1.807, 2.05) is 48.5 Å². The number of fused-ring (bicyclic) bond motifs is 5. The molecule has 0 atom stereocenters. The van der Waals surface area contributed by atoms with Crippen molar-refractivity contribution < 1.29 is 10.2 Å². The average Bonchev–Trinajstić information content (AvgIpc) is 3.98. The third-order valence-corrected chi connectivity index (χ3v) is 13.7. The number of hydrogen-bond donors (Lipinski definition) is 2. The van der Waals surface area contributed by atoms with Gasteiger partial charge in [0.25, 0.3) is 0 Å². The van der Waals surface area contributed by atoms with Crippen LogP contribution in [0.4, 0.5) is 0 Å². The molecule has 0 unspecified atom stereocenters. The van der Waals surface area contributed by atoms with Crippen molar-refractivity contribution in [2.75, 3.05) is 0 Å². The first kappa shape index (κ1) is 33.6. The zero-order valence-electron chi connectivity index (χ0n) is 30.7. The van der Waals surface area contributed by atoms with Gasteiger partial charge in [0.1, 0.15) is 11.5 Å². The number of aromatic hydroxyl groups is 2. The van der Waals surface area contributed by atoms with E-state index in [-0.39, 0.29) is 11.5 Å². The van der Waals surface area contributed by atoms with E-state index in [9.17, 15) is 10.2 Å². The molecule has 2 heterocycles. The van der Waals surface area contributed by atoms with Crippen molar-refractivity contribution in [2.24, 2.45) is 0 Å². The molecule has 0 amide bonds. The van der Waals surface area contributed by atoms with Crippen molar-refractivity contribution >= 4 is 42.8 Å². The molecule has 11 rings (SSSR count). The maximum absolute atomic E-state index is 11.5. The summed E-state index contributed by atoms with van der Waals surface area (Å²) in [6, 6.07) is 63.7. The number of phenolic OH excluding ortho intramolecular Hbond substituents is 2. The van der Waals surface area contributed by atoms with Crippen molar-refractivity contribution in [3.8, 4) is 67.1 Å². The lowest BCUT2D eigenvalue weighted by atomic mass is 9.66. The Kier molecular flexibility index (Phi) is 7.78. The smallest absolute Gasteiger partial charge is 0.123 e. The van der Waals surface area contributed by atoms with Gasteiger partial charge in [-0.25, -0.2) is 0 Å². The van der Waals surface area contributed by atoms with Crippen LogP contribution < -0.4 is 0 Å². The van der Waals surface area contributed by atoms with Crippen molar-refractivity contribution in [1.82, 2.24) is 0 Å². The van der Waals surface area contributed by atoms with Crippen molar-refractivity contribution in [3.63, 3.8) is 0 Å². The highest BCUT2D eigenvalue weighted by Crippen LogP contribution is 2.59. The Balaban J connectivity index is 1.27. The van der Waals surface area contributed by atoms with Crippen LogP contribution in [0.15, 0.2) is 193 Å². The molecule has 0 fully saturated rings. The van der Waals surface area contributed by atoms with Gasteiger partial charge in [0, 0.05) is 42.4 Å². The molecule has 10 aromatic rings. The van der Waals surface area contributed by atoms with E-state index >= 15 is 0 Å². The van der Waals surface area contributed by atoms with Crippen LogP contribution in [0.5, 0.6) is 11.5 Å². The normalized spacial score (nSPS) is 12.8. The highest BCUT2D eigenvalue weighted by molar-refractivity contribution is 7.18. The Hall–Kier alpha value is -6.72. The number of rotatable bonds is 6. The van der Waals surface area contributed by atoms with Crippen LogP contribution in [-0.4, -0.2) is 10.2 Å². The van der Waals surface area contributed by atoms with E-state index in [2.05, 4.69) is 144 Å². The van der Waals surface area contributed by atoms with Gasteiger partial charge in [-0.05, 0) is 115 Å². The van der Waals surface area contributed by atoms with Gasteiger partial charge in [-0.3, -0.25) is 0 Å². The second kappa shape index (κ2) is 13.2. The summed E-state index contributed by atoms with van der Waals surface area (Å²) >= 11 is 3.54. The molecule has 0 saturated carbocycles. The molecule has 0 saturated heterocycles. The summed E-state index contributed by atoms with van der Waals surface area (Å²) in [5.41, 5.74) is 14.0. The fourth-order valence-corrected chi connectivity index (χ4v) is 11.0. The van der Waals surface area contributed by atoms with E-state index in [1.54, 1.807) is 22.7 Å². The molecular weight excluding hydrogens is 733 g/mol. The largest absolute Gasteiger partial charge is 0.507 e. The van der Waals surface area contributed by atoms with E-state index in [0.717, 1.165) is 55.6 Å². The topological polar surface area (TPSA) is 40.5 Å². The third-order valence-electron chi connectivity index (χ3n) is 11.8. The average molecular weight is 767 g/mol. The van der Waals surface area contributed by atoms with Crippen molar-refractivity contribution in [3.05, 3.63) is 215 Å². The van der Waals surface area contributed by atoms with Gasteiger partial charge >= 0.3 is 0 Å². The first-order chi connectivity index (χ1) is 28.1. The second-order valence-electron chi connectivity index (χ2n) is 14.8. The van der Waals surface area contributed by atoms with Crippen LogP contribution in [0.2, 0.25) is 0 Å². The van der Waals surface area contributed by atoms with Gasteiger partial charge < -0.3 is 10.2 Å². The summed E-state index contributed by atoms with van der Waals surface area (Å²) in [5, 5.41) is 30.1. The minimum absolute atomic E-state index is 0.228. The Morgan fingerprint density at radius 1 is 0.333 bits per heavy atom. The van der Waals surface area contributed by atoms with E-state index in [0.29, 0.717) is 0 Å². The van der Waals surface area contributed by atoms with Crippen LogP contribution in [-0.2, 0) is 5.41 Å². The minimum Gasteiger partial charge on any atom is -0.507 e. The Morgan fingerprint density at radius 3 is 1.21 bits per heavy atom. The maximum atomic E-state index is 11.5. The third kappa shape index (κ3) is 5.22. The molecule has 0 radical (unpaired) electrons. The summed E-state index contributed by atoms with van der Waals surface area (Å²) in [5.74, 6) is 0.456. The van der Waals surface area contributed by atoms with Gasteiger partial charge in [-0.2, -0.15) is 0 Å². The monoisotopic (exact) mass is 766 g/mol. The second-order valence-corrected chi connectivity index (χ2v) is 16.6. The molecule has 8 aromatic carbocycles. The molecule has 4 heteroatoms. The number of hydrogen-bond acceptors (Lipinski definition) is 4. The molecule has 270 valence electrons. The first-order valence-electron chi connectivity index (χ1n) is 19.1.